The molecule has 0 fully saturated rings. The summed E-state index contributed by atoms with van der Waals surface area (Å²) in [6.45, 7) is 1.51. The smallest absolute Gasteiger partial charge is 0.211 e. The van der Waals surface area contributed by atoms with E-state index < -0.39 is 32.9 Å². The van der Waals surface area contributed by atoms with Gasteiger partial charge in [-0.25, -0.2) is 21.9 Å². The van der Waals surface area contributed by atoms with Crippen molar-refractivity contribution in [2.75, 3.05) is 5.21 Å². The maximum atomic E-state index is 12.9. The SMILES string of the molecule is CC(NS(=O)(=O)CCl)c1ccc(F)c(F)c1. The Bertz CT molecular complexity index is 478. The maximum Gasteiger partial charge on any atom is 0.226 e. The van der Waals surface area contributed by atoms with Crippen molar-refractivity contribution in [3.63, 3.8) is 0 Å². The third-order valence-electron chi connectivity index (χ3n) is 1.94. The summed E-state index contributed by atoms with van der Waals surface area (Å²) >= 11 is 5.20. The molecular formula is C9H10ClF2NO2S. The molecule has 0 saturated heterocycles. The molecule has 0 radical (unpaired) electrons. The van der Waals surface area contributed by atoms with Gasteiger partial charge in [-0.05, 0) is 24.6 Å². The van der Waals surface area contributed by atoms with Gasteiger partial charge in [0.2, 0.25) is 10.0 Å². The first kappa shape index (κ1) is 13.3. The van der Waals surface area contributed by atoms with E-state index in [0.717, 1.165) is 12.1 Å². The van der Waals surface area contributed by atoms with E-state index in [1.807, 2.05) is 0 Å². The normalized spacial score (nSPS) is 13.8. The van der Waals surface area contributed by atoms with E-state index in [1.165, 1.54) is 13.0 Å². The first-order chi connectivity index (χ1) is 7.35. The predicted molar refractivity (Wildman–Crippen MR) is 57.5 cm³/mol. The minimum Gasteiger partial charge on any atom is -0.211 e. The second-order valence-corrected chi connectivity index (χ2v) is 5.58. The molecule has 0 amide bonds. The fourth-order valence-corrected chi connectivity index (χ4v) is 2.08. The zero-order chi connectivity index (χ0) is 12.3. The molecule has 1 unspecified atom stereocenters. The Hall–Kier alpha value is -0.720. The molecule has 0 saturated carbocycles. The fraction of sp³-hybridized carbons (Fsp3) is 0.333. The molecule has 1 aromatic carbocycles. The number of alkyl halides is 1. The molecule has 7 heteroatoms. The standard InChI is InChI=1S/C9H10ClF2NO2S/c1-6(13-16(14,15)5-10)7-2-3-8(11)9(12)4-7/h2-4,6,13H,5H2,1H3. The van der Waals surface area contributed by atoms with Gasteiger partial charge in [-0.3, -0.25) is 0 Å². The van der Waals surface area contributed by atoms with Gasteiger partial charge in [-0.1, -0.05) is 6.07 Å². The van der Waals surface area contributed by atoms with Crippen LogP contribution in [0.2, 0.25) is 0 Å². The maximum absolute atomic E-state index is 12.9. The highest BCUT2D eigenvalue weighted by Crippen LogP contribution is 2.16. The van der Waals surface area contributed by atoms with Crippen molar-refractivity contribution < 1.29 is 17.2 Å². The summed E-state index contributed by atoms with van der Waals surface area (Å²) in [7, 11) is -3.59. The van der Waals surface area contributed by atoms with Crippen LogP contribution >= 0.6 is 11.6 Å². The minimum absolute atomic E-state index is 0.326. The largest absolute Gasteiger partial charge is 0.226 e. The van der Waals surface area contributed by atoms with Crippen LogP contribution in [-0.2, 0) is 10.0 Å². The molecule has 90 valence electrons. The lowest BCUT2D eigenvalue weighted by molar-refractivity contribution is 0.504. The second-order valence-electron chi connectivity index (χ2n) is 3.24. The Kier molecular flexibility index (Phi) is 4.23. The van der Waals surface area contributed by atoms with Crippen molar-refractivity contribution >= 4 is 21.6 Å². The van der Waals surface area contributed by atoms with Gasteiger partial charge in [0, 0.05) is 6.04 Å². The highest BCUT2D eigenvalue weighted by molar-refractivity contribution is 7.90. The summed E-state index contributed by atoms with van der Waals surface area (Å²) in [5, 5.41) is -0.582. The molecule has 1 N–H and O–H groups in total. The number of benzene rings is 1. The molecule has 0 aliphatic rings. The molecule has 0 bridgehead atoms. The highest BCUT2D eigenvalue weighted by atomic mass is 35.5. The lowest BCUT2D eigenvalue weighted by Crippen LogP contribution is -2.27. The summed E-state index contributed by atoms with van der Waals surface area (Å²) in [4.78, 5) is 0. The van der Waals surface area contributed by atoms with E-state index in [4.69, 9.17) is 11.6 Å². The van der Waals surface area contributed by atoms with Crippen molar-refractivity contribution in [2.45, 2.75) is 13.0 Å². The van der Waals surface area contributed by atoms with Crippen LogP contribution in [0.15, 0.2) is 18.2 Å². The number of rotatable bonds is 4. The zero-order valence-electron chi connectivity index (χ0n) is 8.38. The predicted octanol–water partition coefficient (Wildman–Crippen LogP) is 2.14. The van der Waals surface area contributed by atoms with Crippen LogP contribution in [0, 0.1) is 11.6 Å². The Morgan fingerprint density at radius 2 is 2.00 bits per heavy atom. The Morgan fingerprint density at radius 1 is 1.38 bits per heavy atom. The van der Waals surface area contributed by atoms with Crippen LogP contribution in [0.5, 0.6) is 0 Å². The molecule has 1 atom stereocenters. The van der Waals surface area contributed by atoms with Gasteiger partial charge in [0.25, 0.3) is 0 Å². The summed E-state index contributed by atoms with van der Waals surface area (Å²) in [5.41, 5.74) is 0.326. The van der Waals surface area contributed by atoms with Crippen LogP contribution in [0.1, 0.15) is 18.5 Å². The topological polar surface area (TPSA) is 46.2 Å². The summed E-state index contributed by atoms with van der Waals surface area (Å²) in [5.74, 6) is -1.99. The van der Waals surface area contributed by atoms with Gasteiger partial charge < -0.3 is 0 Å². The monoisotopic (exact) mass is 269 g/mol. The number of sulfonamides is 1. The van der Waals surface area contributed by atoms with Gasteiger partial charge in [0.05, 0.1) is 0 Å². The van der Waals surface area contributed by atoms with Crippen LogP contribution < -0.4 is 4.72 Å². The molecule has 0 heterocycles. The van der Waals surface area contributed by atoms with Crippen LogP contribution in [0.4, 0.5) is 8.78 Å². The van der Waals surface area contributed by atoms with E-state index in [9.17, 15) is 17.2 Å². The third kappa shape index (κ3) is 3.40. The van der Waals surface area contributed by atoms with Gasteiger partial charge >= 0.3 is 0 Å². The highest BCUT2D eigenvalue weighted by Gasteiger charge is 2.15. The van der Waals surface area contributed by atoms with Gasteiger partial charge in [-0.2, -0.15) is 0 Å². The summed E-state index contributed by atoms with van der Waals surface area (Å²) < 4.78 is 50.0. The van der Waals surface area contributed by atoms with Crippen LogP contribution in [-0.4, -0.2) is 13.6 Å². The third-order valence-corrected chi connectivity index (χ3v) is 3.81. The summed E-state index contributed by atoms with van der Waals surface area (Å²) in [6.07, 6.45) is 0. The number of hydrogen-bond donors (Lipinski definition) is 1. The van der Waals surface area contributed by atoms with E-state index in [1.54, 1.807) is 0 Å². The molecule has 1 aromatic rings. The lowest BCUT2D eigenvalue weighted by atomic mass is 10.1. The zero-order valence-corrected chi connectivity index (χ0v) is 9.95. The van der Waals surface area contributed by atoms with Gasteiger partial charge in [0.1, 0.15) is 5.21 Å². The molecule has 16 heavy (non-hydrogen) atoms. The molecular weight excluding hydrogens is 260 g/mol. The van der Waals surface area contributed by atoms with Crippen molar-refractivity contribution in [1.29, 1.82) is 0 Å². The number of halogens is 3. The first-order valence-corrected chi connectivity index (χ1v) is 6.55. The second kappa shape index (κ2) is 5.07. The van der Waals surface area contributed by atoms with E-state index in [-0.39, 0.29) is 0 Å². The van der Waals surface area contributed by atoms with Crippen molar-refractivity contribution in [3.8, 4) is 0 Å². The Balaban J connectivity index is 2.89. The molecule has 0 spiro atoms. The molecule has 1 rings (SSSR count). The Morgan fingerprint density at radius 3 is 2.50 bits per heavy atom. The van der Waals surface area contributed by atoms with Gasteiger partial charge in [0.15, 0.2) is 11.6 Å². The molecule has 3 nitrogen and oxygen atoms in total. The fourth-order valence-electron chi connectivity index (χ4n) is 1.15. The number of nitrogens with one attached hydrogen (secondary N) is 1. The van der Waals surface area contributed by atoms with E-state index in [0.29, 0.717) is 5.56 Å². The Labute approximate surface area is 97.5 Å². The van der Waals surface area contributed by atoms with E-state index >= 15 is 0 Å². The van der Waals surface area contributed by atoms with Gasteiger partial charge in [-0.15, -0.1) is 11.6 Å². The first-order valence-electron chi connectivity index (χ1n) is 4.36. The van der Waals surface area contributed by atoms with Crippen molar-refractivity contribution in [1.82, 2.24) is 4.72 Å². The van der Waals surface area contributed by atoms with E-state index in [2.05, 4.69) is 4.72 Å². The average molecular weight is 270 g/mol. The van der Waals surface area contributed by atoms with Crippen LogP contribution in [0.3, 0.4) is 0 Å². The van der Waals surface area contributed by atoms with Crippen molar-refractivity contribution in [2.24, 2.45) is 0 Å². The number of hydrogen-bond acceptors (Lipinski definition) is 2. The quantitative estimate of drug-likeness (QED) is 0.852. The average Bonchev–Trinajstić information content (AvgIpc) is 2.21. The van der Waals surface area contributed by atoms with Crippen LogP contribution in [0.25, 0.3) is 0 Å². The van der Waals surface area contributed by atoms with Crippen molar-refractivity contribution in [3.05, 3.63) is 35.4 Å². The molecule has 0 aromatic heterocycles. The minimum atomic E-state index is -3.59. The lowest BCUT2D eigenvalue weighted by Gasteiger charge is -2.13. The summed E-state index contributed by atoms with van der Waals surface area (Å²) in [6, 6.07) is 2.52. The molecule has 0 aliphatic carbocycles. The molecule has 0 aliphatic heterocycles.